The maximum absolute atomic E-state index is 11.6. The highest BCUT2D eigenvalue weighted by molar-refractivity contribution is 5.66. The fourth-order valence-corrected chi connectivity index (χ4v) is 4.83. The molecule has 0 spiro atoms. The Bertz CT molecular complexity index is 404. The van der Waals surface area contributed by atoms with Crippen molar-refractivity contribution in [3.63, 3.8) is 0 Å². The van der Waals surface area contributed by atoms with Gasteiger partial charge in [0.15, 0.2) is 0 Å². The van der Waals surface area contributed by atoms with Crippen molar-refractivity contribution < 1.29 is 19.7 Å². The van der Waals surface area contributed by atoms with E-state index in [9.17, 15) is 15.0 Å². The molecular weight excluding hydrogens is 268 g/mol. The van der Waals surface area contributed by atoms with Crippen LogP contribution in [0.1, 0.15) is 60.3 Å². The molecule has 4 nitrogen and oxygen atoms in total. The molecule has 2 rings (SSSR count). The molecule has 0 aliphatic heterocycles. The van der Waals surface area contributed by atoms with Crippen LogP contribution in [-0.2, 0) is 9.53 Å². The molecule has 2 fully saturated rings. The average molecular weight is 298 g/mol. The highest BCUT2D eigenvalue weighted by Crippen LogP contribution is 2.57. The van der Waals surface area contributed by atoms with Gasteiger partial charge in [0.1, 0.15) is 6.10 Å². The minimum atomic E-state index is -0.901. The van der Waals surface area contributed by atoms with E-state index in [1.165, 1.54) is 6.92 Å². The molecule has 21 heavy (non-hydrogen) atoms. The second kappa shape index (κ2) is 5.54. The topological polar surface area (TPSA) is 66.8 Å². The lowest BCUT2D eigenvalue weighted by molar-refractivity contribution is -0.229. The Morgan fingerprint density at radius 1 is 1.24 bits per heavy atom. The fourth-order valence-electron chi connectivity index (χ4n) is 4.83. The third kappa shape index (κ3) is 2.85. The molecule has 0 aromatic rings. The summed E-state index contributed by atoms with van der Waals surface area (Å²) < 4.78 is 5.67. The summed E-state index contributed by atoms with van der Waals surface area (Å²) in [4.78, 5) is 11.6. The van der Waals surface area contributed by atoms with Gasteiger partial charge in [-0.05, 0) is 44.4 Å². The molecule has 2 aliphatic rings. The molecule has 0 aromatic heterocycles. The van der Waals surface area contributed by atoms with Crippen LogP contribution >= 0.6 is 0 Å². The first-order valence-corrected chi connectivity index (χ1v) is 8.17. The number of carbonyl (C=O) groups excluding carboxylic acids is 1. The Labute approximate surface area is 127 Å². The van der Waals surface area contributed by atoms with Gasteiger partial charge >= 0.3 is 5.97 Å². The van der Waals surface area contributed by atoms with E-state index in [1.54, 1.807) is 0 Å². The standard InChI is InChI=1S/C17H30O4/c1-10(2)12-6-8-16(4)13(19)7-9-17(5,20)15(16)14(12)21-11(3)18/h10,12-15,19-20H,6-9H2,1-5H3/t12-,13+,14+,15?,16-,17-/m0/s1. The Balaban J connectivity index is 2.43. The number of aliphatic hydroxyl groups is 2. The van der Waals surface area contributed by atoms with Crippen LogP contribution in [0.25, 0.3) is 0 Å². The Morgan fingerprint density at radius 3 is 2.38 bits per heavy atom. The van der Waals surface area contributed by atoms with Crippen molar-refractivity contribution in [2.75, 3.05) is 0 Å². The van der Waals surface area contributed by atoms with Gasteiger partial charge in [-0.1, -0.05) is 20.8 Å². The van der Waals surface area contributed by atoms with Gasteiger partial charge in [0.05, 0.1) is 11.7 Å². The molecule has 0 bridgehead atoms. The molecule has 2 saturated carbocycles. The van der Waals surface area contributed by atoms with Gasteiger partial charge in [-0.25, -0.2) is 0 Å². The molecule has 1 unspecified atom stereocenters. The van der Waals surface area contributed by atoms with Crippen molar-refractivity contribution >= 4 is 5.97 Å². The lowest BCUT2D eigenvalue weighted by Gasteiger charge is -2.59. The summed E-state index contributed by atoms with van der Waals surface area (Å²) >= 11 is 0. The normalized spacial score (nSPS) is 47.0. The Morgan fingerprint density at radius 2 is 1.86 bits per heavy atom. The first kappa shape index (κ1) is 16.8. The third-order valence-corrected chi connectivity index (χ3v) is 5.99. The van der Waals surface area contributed by atoms with Crippen LogP contribution in [0.3, 0.4) is 0 Å². The molecule has 6 atom stereocenters. The summed E-state index contributed by atoms with van der Waals surface area (Å²) in [5.41, 5.74) is -1.28. The summed E-state index contributed by atoms with van der Waals surface area (Å²) in [6.07, 6.45) is 2.21. The molecule has 0 heterocycles. The number of ether oxygens (including phenoxy) is 1. The second-order valence-electron chi connectivity index (χ2n) is 7.92. The molecule has 2 N–H and O–H groups in total. The maximum Gasteiger partial charge on any atom is 0.302 e. The van der Waals surface area contributed by atoms with E-state index < -0.39 is 11.7 Å². The van der Waals surface area contributed by atoms with Gasteiger partial charge in [-0.15, -0.1) is 0 Å². The van der Waals surface area contributed by atoms with E-state index in [1.807, 2.05) is 13.8 Å². The Kier molecular flexibility index (Phi) is 4.42. The summed E-state index contributed by atoms with van der Waals surface area (Å²) in [7, 11) is 0. The summed E-state index contributed by atoms with van der Waals surface area (Å²) in [5.74, 6) is 0.113. The molecule has 0 amide bonds. The third-order valence-electron chi connectivity index (χ3n) is 5.99. The minimum absolute atomic E-state index is 0.209. The van der Waals surface area contributed by atoms with Crippen LogP contribution in [0.2, 0.25) is 0 Å². The summed E-state index contributed by atoms with van der Waals surface area (Å²) in [6, 6.07) is 0. The van der Waals surface area contributed by atoms with E-state index in [4.69, 9.17) is 4.74 Å². The van der Waals surface area contributed by atoms with Crippen molar-refractivity contribution in [1.82, 2.24) is 0 Å². The molecule has 0 aromatic carbocycles. The van der Waals surface area contributed by atoms with Crippen LogP contribution < -0.4 is 0 Å². The number of carbonyl (C=O) groups is 1. The first-order valence-electron chi connectivity index (χ1n) is 8.17. The quantitative estimate of drug-likeness (QED) is 0.769. The zero-order chi connectivity index (χ0) is 16.0. The fraction of sp³-hybridized carbons (Fsp3) is 0.941. The van der Waals surface area contributed by atoms with Gasteiger partial charge in [-0.2, -0.15) is 0 Å². The summed E-state index contributed by atoms with van der Waals surface area (Å²) in [6.45, 7) is 9.58. The lowest BCUT2D eigenvalue weighted by Crippen LogP contribution is -2.64. The van der Waals surface area contributed by atoms with Crippen LogP contribution in [0.15, 0.2) is 0 Å². The molecule has 122 valence electrons. The van der Waals surface area contributed by atoms with Crippen LogP contribution in [0.5, 0.6) is 0 Å². The van der Waals surface area contributed by atoms with Crippen molar-refractivity contribution in [3.05, 3.63) is 0 Å². The lowest BCUT2D eigenvalue weighted by atomic mass is 9.50. The van der Waals surface area contributed by atoms with Crippen molar-refractivity contribution in [2.24, 2.45) is 23.2 Å². The minimum Gasteiger partial charge on any atom is -0.462 e. The molecule has 0 saturated heterocycles. The van der Waals surface area contributed by atoms with Gasteiger partial charge in [-0.3, -0.25) is 4.79 Å². The largest absolute Gasteiger partial charge is 0.462 e. The Hall–Kier alpha value is -0.610. The number of hydrogen-bond acceptors (Lipinski definition) is 4. The number of rotatable bonds is 2. The van der Waals surface area contributed by atoms with Gasteiger partial charge in [0, 0.05) is 18.3 Å². The smallest absolute Gasteiger partial charge is 0.302 e. The summed E-state index contributed by atoms with van der Waals surface area (Å²) in [5, 5.41) is 21.5. The predicted octanol–water partition coefficient (Wildman–Crippen LogP) is 2.51. The number of fused-ring (bicyclic) bond motifs is 1. The van der Waals surface area contributed by atoms with Gasteiger partial charge in [0.2, 0.25) is 0 Å². The maximum atomic E-state index is 11.6. The van der Waals surface area contributed by atoms with Crippen molar-refractivity contribution in [2.45, 2.75) is 78.1 Å². The predicted molar refractivity (Wildman–Crippen MR) is 80.6 cm³/mol. The van der Waals surface area contributed by atoms with E-state index in [0.717, 1.165) is 12.8 Å². The van der Waals surface area contributed by atoms with E-state index in [-0.39, 0.29) is 29.3 Å². The van der Waals surface area contributed by atoms with Crippen LogP contribution in [0, 0.1) is 23.2 Å². The highest BCUT2D eigenvalue weighted by Gasteiger charge is 2.60. The SMILES string of the molecule is CC(=O)O[C@H]1C2[C@@](C)(O)CC[C@@H](O)[C@]2(C)CC[C@H]1C(C)C. The molecule has 2 aliphatic carbocycles. The van der Waals surface area contributed by atoms with E-state index in [2.05, 4.69) is 13.8 Å². The number of esters is 1. The monoisotopic (exact) mass is 298 g/mol. The molecule has 4 heteroatoms. The molecular formula is C17H30O4. The number of aliphatic hydroxyl groups excluding tert-OH is 1. The van der Waals surface area contributed by atoms with E-state index >= 15 is 0 Å². The van der Waals surface area contributed by atoms with Crippen molar-refractivity contribution in [3.8, 4) is 0 Å². The second-order valence-corrected chi connectivity index (χ2v) is 7.92. The van der Waals surface area contributed by atoms with Crippen LogP contribution in [-0.4, -0.2) is 34.0 Å². The highest BCUT2D eigenvalue weighted by atomic mass is 16.5. The zero-order valence-electron chi connectivity index (χ0n) is 13.9. The molecule has 0 radical (unpaired) electrons. The van der Waals surface area contributed by atoms with Gasteiger partial charge < -0.3 is 14.9 Å². The average Bonchev–Trinajstić information content (AvgIpc) is 2.33. The number of hydrogen-bond donors (Lipinski definition) is 2. The van der Waals surface area contributed by atoms with Gasteiger partial charge in [0.25, 0.3) is 0 Å². The zero-order valence-corrected chi connectivity index (χ0v) is 13.9. The van der Waals surface area contributed by atoms with Crippen molar-refractivity contribution in [1.29, 1.82) is 0 Å². The van der Waals surface area contributed by atoms with Crippen LogP contribution in [0.4, 0.5) is 0 Å². The van der Waals surface area contributed by atoms with E-state index in [0.29, 0.717) is 18.8 Å². The first-order chi connectivity index (χ1) is 9.59.